The van der Waals surface area contributed by atoms with Gasteiger partial charge in [-0.15, -0.1) is 0 Å². The lowest BCUT2D eigenvalue weighted by molar-refractivity contribution is 0.972. The molecule has 5 nitrogen and oxygen atoms in total. The van der Waals surface area contributed by atoms with Crippen LogP contribution in [0.15, 0.2) is 82.8 Å². The number of aryl methyl sites for hydroxylation is 1. The third-order valence-corrected chi connectivity index (χ3v) is 4.91. The van der Waals surface area contributed by atoms with Crippen LogP contribution in [0.3, 0.4) is 0 Å². The van der Waals surface area contributed by atoms with E-state index in [4.69, 9.17) is 21.5 Å². The van der Waals surface area contributed by atoms with Gasteiger partial charge in [0.1, 0.15) is 11.7 Å². The van der Waals surface area contributed by atoms with Gasteiger partial charge in [0.05, 0.1) is 6.54 Å². The van der Waals surface area contributed by atoms with E-state index in [1.54, 1.807) is 0 Å². The third-order valence-electron chi connectivity index (χ3n) is 4.91. The zero-order valence-corrected chi connectivity index (χ0v) is 17.6. The predicted molar refractivity (Wildman–Crippen MR) is 127 cm³/mol. The second kappa shape index (κ2) is 10.4. The van der Waals surface area contributed by atoms with E-state index in [0.717, 1.165) is 33.7 Å². The summed E-state index contributed by atoms with van der Waals surface area (Å²) in [6, 6.07) is 24.0. The van der Waals surface area contributed by atoms with Crippen molar-refractivity contribution >= 4 is 17.4 Å². The molecule has 0 saturated carbocycles. The van der Waals surface area contributed by atoms with E-state index < -0.39 is 0 Å². The Hall–Kier alpha value is -3.44. The molecule has 0 aliphatic heterocycles. The van der Waals surface area contributed by atoms with Crippen LogP contribution in [-0.2, 0) is 13.1 Å². The highest BCUT2D eigenvalue weighted by Crippen LogP contribution is 2.15. The topological polar surface area (TPSA) is 88.8 Å². The molecule has 0 aliphatic rings. The highest BCUT2D eigenvalue weighted by atomic mass is 15.1. The van der Waals surface area contributed by atoms with Gasteiger partial charge in [0, 0.05) is 29.9 Å². The summed E-state index contributed by atoms with van der Waals surface area (Å²) in [5.41, 5.74) is 18.1. The van der Waals surface area contributed by atoms with Crippen LogP contribution in [0.2, 0.25) is 0 Å². The van der Waals surface area contributed by atoms with Gasteiger partial charge in [-0.1, -0.05) is 60.7 Å². The van der Waals surface area contributed by atoms with E-state index in [9.17, 15) is 0 Å². The molecule has 30 heavy (non-hydrogen) atoms. The van der Waals surface area contributed by atoms with Crippen LogP contribution >= 0.6 is 0 Å². The van der Waals surface area contributed by atoms with Crippen LogP contribution in [0, 0.1) is 6.92 Å². The molecule has 0 amide bonds. The molecule has 0 saturated heterocycles. The normalized spacial score (nSPS) is 12.1. The van der Waals surface area contributed by atoms with Gasteiger partial charge in [0.15, 0.2) is 0 Å². The highest BCUT2D eigenvalue weighted by Gasteiger charge is 2.13. The van der Waals surface area contributed by atoms with Gasteiger partial charge >= 0.3 is 0 Å². The van der Waals surface area contributed by atoms with Gasteiger partial charge in [-0.25, -0.2) is 0 Å². The number of hydrogen-bond acceptors (Lipinski definition) is 4. The first-order valence-corrected chi connectivity index (χ1v) is 10.2. The van der Waals surface area contributed by atoms with Crippen molar-refractivity contribution in [2.24, 2.45) is 15.7 Å². The number of para-hydroxylation sites is 1. The van der Waals surface area contributed by atoms with Crippen molar-refractivity contribution in [3.8, 4) is 0 Å². The average molecular weight is 400 g/mol. The number of nitrogen functional groups attached to an aromatic ring is 1. The summed E-state index contributed by atoms with van der Waals surface area (Å²) >= 11 is 0. The maximum atomic E-state index is 6.28. The molecule has 3 aromatic carbocycles. The van der Waals surface area contributed by atoms with Crippen LogP contribution in [0.5, 0.6) is 0 Å². The van der Waals surface area contributed by atoms with E-state index in [0.29, 0.717) is 31.2 Å². The highest BCUT2D eigenvalue weighted by molar-refractivity contribution is 6.16. The largest absolute Gasteiger partial charge is 0.398 e. The third kappa shape index (κ3) is 5.13. The van der Waals surface area contributed by atoms with Crippen LogP contribution in [0.4, 0.5) is 5.69 Å². The first-order chi connectivity index (χ1) is 14.6. The zero-order chi connectivity index (χ0) is 21.3. The van der Waals surface area contributed by atoms with Crippen LogP contribution in [0.1, 0.15) is 34.7 Å². The van der Waals surface area contributed by atoms with E-state index in [-0.39, 0.29) is 0 Å². The van der Waals surface area contributed by atoms with Gasteiger partial charge in [0.2, 0.25) is 0 Å². The minimum Gasteiger partial charge on any atom is -0.398 e. The minimum atomic E-state index is 0.480. The molecule has 0 unspecified atom stereocenters. The Labute approximate surface area is 178 Å². The maximum absolute atomic E-state index is 6.28. The second-order valence-electron chi connectivity index (χ2n) is 6.99. The quantitative estimate of drug-likeness (QED) is 0.332. The standard InChI is InChI=1S/C25H29N5/c1-3-28-24(21-13-7-4-10-18(21)2)30-25(22-14-8-9-15-23(22)27)29-17-20-12-6-5-11-19(20)16-26/h4-15H,3,16-17,26-27H2,1-2H3,(H,28,29,30). The number of benzene rings is 3. The van der Waals surface area contributed by atoms with Crippen molar-refractivity contribution in [2.45, 2.75) is 26.9 Å². The molecule has 5 N–H and O–H groups in total. The molecule has 0 spiro atoms. The van der Waals surface area contributed by atoms with Crippen LogP contribution in [-0.4, -0.2) is 18.2 Å². The first kappa shape index (κ1) is 21.3. The number of hydrogen-bond donors (Lipinski definition) is 3. The summed E-state index contributed by atoms with van der Waals surface area (Å²) in [7, 11) is 0. The fourth-order valence-electron chi connectivity index (χ4n) is 3.28. The summed E-state index contributed by atoms with van der Waals surface area (Å²) in [4.78, 5) is 9.60. The molecule has 0 fully saturated rings. The minimum absolute atomic E-state index is 0.480. The number of nitrogens with zero attached hydrogens (tertiary/aromatic N) is 2. The molecule has 3 rings (SSSR count). The molecule has 154 valence electrons. The van der Waals surface area contributed by atoms with Gasteiger partial charge < -0.3 is 16.8 Å². The van der Waals surface area contributed by atoms with Gasteiger partial charge in [-0.2, -0.15) is 0 Å². The fourth-order valence-corrected chi connectivity index (χ4v) is 3.28. The molecule has 0 atom stereocenters. The summed E-state index contributed by atoms with van der Waals surface area (Å²) in [5, 5.41) is 3.47. The molecule has 0 radical (unpaired) electrons. The van der Waals surface area contributed by atoms with E-state index in [1.807, 2.05) is 61.5 Å². The molecule has 0 bridgehead atoms. The Morgan fingerprint density at radius 3 is 2.07 bits per heavy atom. The Balaban J connectivity index is 2.02. The molecular formula is C25H29N5. The number of nitrogens with one attached hydrogen (secondary N) is 1. The zero-order valence-electron chi connectivity index (χ0n) is 17.6. The van der Waals surface area contributed by atoms with Crippen molar-refractivity contribution in [1.29, 1.82) is 0 Å². The van der Waals surface area contributed by atoms with Crippen LogP contribution < -0.4 is 16.8 Å². The van der Waals surface area contributed by atoms with Crippen molar-refractivity contribution in [3.63, 3.8) is 0 Å². The fraction of sp³-hybridized carbons (Fsp3) is 0.200. The summed E-state index contributed by atoms with van der Waals surface area (Å²) in [6.07, 6.45) is 0. The average Bonchev–Trinajstić information content (AvgIpc) is 2.77. The Morgan fingerprint density at radius 1 is 0.800 bits per heavy atom. The van der Waals surface area contributed by atoms with E-state index >= 15 is 0 Å². The second-order valence-corrected chi connectivity index (χ2v) is 6.99. The van der Waals surface area contributed by atoms with Gasteiger partial charge in [-0.3, -0.25) is 9.98 Å². The van der Waals surface area contributed by atoms with E-state index in [1.165, 1.54) is 0 Å². The molecule has 5 heteroatoms. The lowest BCUT2D eigenvalue weighted by atomic mass is 10.1. The lowest BCUT2D eigenvalue weighted by Gasteiger charge is -2.16. The van der Waals surface area contributed by atoms with Crippen LogP contribution in [0.25, 0.3) is 0 Å². The summed E-state index contributed by atoms with van der Waals surface area (Å²) in [5.74, 6) is 1.47. The maximum Gasteiger partial charge on any atom is 0.136 e. The van der Waals surface area contributed by atoms with Gasteiger partial charge in [0.25, 0.3) is 0 Å². The summed E-state index contributed by atoms with van der Waals surface area (Å²) in [6.45, 7) is 5.73. The smallest absolute Gasteiger partial charge is 0.136 e. The summed E-state index contributed by atoms with van der Waals surface area (Å²) < 4.78 is 0. The Morgan fingerprint density at radius 2 is 1.40 bits per heavy atom. The number of anilines is 1. The number of nitrogens with two attached hydrogens (primary N) is 2. The SMILES string of the molecule is CCN=C(NC(=NCc1ccccc1CN)c1ccccc1N)c1ccccc1C. The van der Waals surface area contributed by atoms with E-state index in [2.05, 4.69) is 30.4 Å². The van der Waals surface area contributed by atoms with Crippen molar-refractivity contribution < 1.29 is 0 Å². The molecular weight excluding hydrogens is 370 g/mol. The van der Waals surface area contributed by atoms with Crippen molar-refractivity contribution in [3.05, 3.63) is 101 Å². The Bertz CT molecular complexity index is 1050. The number of amidine groups is 2. The lowest BCUT2D eigenvalue weighted by Crippen LogP contribution is -2.33. The number of aliphatic imine (C=N–C) groups is 2. The van der Waals surface area contributed by atoms with Crippen molar-refractivity contribution in [2.75, 3.05) is 12.3 Å². The predicted octanol–water partition coefficient (Wildman–Crippen LogP) is 4.04. The molecule has 0 heterocycles. The number of rotatable bonds is 6. The Kier molecular flexibility index (Phi) is 7.35. The van der Waals surface area contributed by atoms with Crippen molar-refractivity contribution in [1.82, 2.24) is 5.32 Å². The monoisotopic (exact) mass is 399 g/mol. The molecule has 0 aromatic heterocycles. The first-order valence-electron chi connectivity index (χ1n) is 10.2. The van der Waals surface area contributed by atoms with Gasteiger partial charge in [-0.05, 0) is 42.7 Å². The molecule has 3 aromatic rings. The molecule has 0 aliphatic carbocycles.